The highest BCUT2D eigenvalue weighted by atomic mass is 35.5. The van der Waals surface area contributed by atoms with E-state index in [1.807, 2.05) is 6.07 Å². The molecule has 0 aliphatic heterocycles. The number of ether oxygens (including phenoxy) is 1. The fourth-order valence-electron chi connectivity index (χ4n) is 3.57. The molecule has 0 unspecified atom stereocenters. The predicted octanol–water partition coefficient (Wildman–Crippen LogP) is 6.58. The molecule has 1 heterocycles. The van der Waals surface area contributed by atoms with Crippen molar-refractivity contribution in [1.29, 1.82) is 5.26 Å². The molecule has 0 bridgehead atoms. The van der Waals surface area contributed by atoms with Crippen LogP contribution in [-0.2, 0) is 19.8 Å². The average Bonchev–Trinajstić information content (AvgIpc) is 3.16. The van der Waals surface area contributed by atoms with E-state index in [0.29, 0.717) is 16.3 Å². The molecule has 0 spiro atoms. The molecule has 4 aromatic rings. The first-order chi connectivity index (χ1) is 16.2. The summed E-state index contributed by atoms with van der Waals surface area (Å²) >= 11 is 5.87. The Kier molecular flexibility index (Phi) is 6.22. The largest absolute Gasteiger partial charge is 0.507 e. The summed E-state index contributed by atoms with van der Waals surface area (Å²) < 4.78 is 48.2. The van der Waals surface area contributed by atoms with Gasteiger partial charge in [0.15, 0.2) is 5.69 Å². The number of hydrogen-bond acceptors (Lipinski definition) is 4. The summed E-state index contributed by atoms with van der Waals surface area (Å²) in [5.41, 5.74) is 0.310. The molecule has 0 saturated carbocycles. The maximum absolute atomic E-state index is 13.9. The van der Waals surface area contributed by atoms with E-state index in [-0.39, 0.29) is 34.7 Å². The van der Waals surface area contributed by atoms with Gasteiger partial charge in [-0.15, -0.1) is 0 Å². The molecule has 4 rings (SSSR count). The number of nitriles is 1. The number of aromatic hydroxyl groups is 1. The Morgan fingerprint density at radius 1 is 1.06 bits per heavy atom. The molecular formula is C25H17ClF3N3O2. The van der Waals surface area contributed by atoms with Crippen molar-refractivity contribution < 1.29 is 23.0 Å². The van der Waals surface area contributed by atoms with Gasteiger partial charge in [0.1, 0.15) is 23.8 Å². The third-order valence-corrected chi connectivity index (χ3v) is 5.41. The number of alkyl halides is 3. The van der Waals surface area contributed by atoms with Crippen molar-refractivity contribution in [1.82, 2.24) is 9.78 Å². The maximum atomic E-state index is 13.9. The number of aromatic nitrogens is 2. The highest BCUT2D eigenvalue weighted by Crippen LogP contribution is 2.44. The number of benzene rings is 3. The number of rotatable bonds is 5. The van der Waals surface area contributed by atoms with Crippen LogP contribution in [0.4, 0.5) is 13.2 Å². The van der Waals surface area contributed by atoms with Crippen LogP contribution in [0, 0.1) is 11.3 Å². The average molecular weight is 484 g/mol. The molecule has 0 aliphatic carbocycles. The van der Waals surface area contributed by atoms with Crippen molar-refractivity contribution in [3.8, 4) is 40.0 Å². The lowest BCUT2D eigenvalue weighted by molar-refractivity contribution is -0.143. The van der Waals surface area contributed by atoms with E-state index >= 15 is 0 Å². The van der Waals surface area contributed by atoms with Crippen LogP contribution in [-0.4, -0.2) is 14.9 Å². The fourth-order valence-corrected chi connectivity index (χ4v) is 3.70. The van der Waals surface area contributed by atoms with Gasteiger partial charge in [-0.25, -0.2) is 0 Å². The molecule has 9 heteroatoms. The number of halogens is 4. The minimum absolute atomic E-state index is 0.0405. The highest BCUT2D eigenvalue weighted by molar-refractivity contribution is 6.30. The molecule has 34 heavy (non-hydrogen) atoms. The van der Waals surface area contributed by atoms with Gasteiger partial charge >= 0.3 is 6.18 Å². The Hall–Kier alpha value is -3.96. The van der Waals surface area contributed by atoms with E-state index in [4.69, 9.17) is 21.6 Å². The summed E-state index contributed by atoms with van der Waals surface area (Å²) in [4.78, 5) is 0. The molecule has 0 fully saturated rings. The van der Waals surface area contributed by atoms with Crippen LogP contribution < -0.4 is 4.74 Å². The topological polar surface area (TPSA) is 71.1 Å². The Morgan fingerprint density at radius 3 is 2.32 bits per heavy atom. The second kappa shape index (κ2) is 9.12. The van der Waals surface area contributed by atoms with E-state index in [1.165, 1.54) is 43.4 Å². The zero-order chi connectivity index (χ0) is 24.5. The Labute approximate surface area is 198 Å². The molecule has 0 radical (unpaired) electrons. The lowest BCUT2D eigenvalue weighted by Crippen LogP contribution is -2.13. The molecule has 0 saturated heterocycles. The van der Waals surface area contributed by atoms with Gasteiger partial charge in [0, 0.05) is 29.3 Å². The second-order valence-corrected chi connectivity index (χ2v) is 7.91. The predicted molar refractivity (Wildman–Crippen MR) is 121 cm³/mol. The van der Waals surface area contributed by atoms with Gasteiger partial charge in [0.05, 0.1) is 11.6 Å². The first-order valence-electron chi connectivity index (χ1n) is 10.0. The minimum atomic E-state index is -4.69. The highest BCUT2D eigenvalue weighted by Gasteiger charge is 2.40. The molecule has 5 nitrogen and oxygen atoms in total. The van der Waals surface area contributed by atoms with Crippen molar-refractivity contribution in [2.24, 2.45) is 7.05 Å². The summed E-state index contributed by atoms with van der Waals surface area (Å²) in [5, 5.41) is 24.3. The molecule has 1 aromatic heterocycles. The molecule has 172 valence electrons. The first kappa shape index (κ1) is 23.2. The van der Waals surface area contributed by atoms with Gasteiger partial charge in [-0.2, -0.15) is 23.5 Å². The number of phenols is 1. The van der Waals surface area contributed by atoms with Gasteiger partial charge in [0.25, 0.3) is 0 Å². The normalized spacial score (nSPS) is 11.3. The summed E-state index contributed by atoms with van der Waals surface area (Å²) in [6.07, 6.45) is -4.69. The summed E-state index contributed by atoms with van der Waals surface area (Å²) in [6.45, 7) is 0.217. The Morgan fingerprint density at radius 2 is 1.74 bits per heavy atom. The fraction of sp³-hybridized carbons (Fsp3) is 0.120. The van der Waals surface area contributed by atoms with Crippen LogP contribution in [0.25, 0.3) is 22.4 Å². The van der Waals surface area contributed by atoms with Crippen LogP contribution in [0.2, 0.25) is 5.02 Å². The first-order valence-corrected chi connectivity index (χ1v) is 10.4. The number of hydrogen-bond donors (Lipinski definition) is 1. The lowest BCUT2D eigenvalue weighted by Gasteiger charge is -2.12. The number of aryl methyl sites for hydroxylation is 1. The molecule has 3 aromatic carbocycles. The van der Waals surface area contributed by atoms with Gasteiger partial charge in [0.2, 0.25) is 0 Å². The summed E-state index contributed by atoms with van der Waals surface area (Å²) in [7, 11) is 1.19. The van der Waals surface area contributed by atoms with Gasteiger partial charge in [-0.1, -0.05) is 35.9 Å². The standard InChI is InChI=1S/C25H17ClF3N3O2/c1-32-24(25(27,28)29)22(17-6-2-15(13-30)3-7-17)23(31-32)20-11-10-19(12-21(20)33)34-14-16-4-8-18(26)9-5-16/h2-12,33H,14H2,1H3. The van der Waals surface area contributed by atoms with E-state index in [9.17, 15) is 18.3 Å². The Balaban J connectivity index is 1.73. The van der Waals surface area contributed by atoms with Crippen LogP contribution in [0.15, 0.2) is 66.7 Å². The monoisotopic (exact) mass is 483 g/mol. The van der Waals surface area contributed by atoms with Crippen LogP contribution >= 0.6 is 11.6 Å². The van der Waals surface area contributed by atoms with E-state index in [0.717, 1.165) is 10.2 Å². The molecule has 0 aliphatic rings. The van der Waals surface area contributed by atoms with Gasteiger partial charge < -0.3 is 9.84 Å². The quantitative estimate of drug-likeness (QED) is 0.348. The molecule has 0 atom stereocenters. The number of nitrogens with zero attached hydrogens (tertiary/aromatic N) is 3. The Bertz CT molecular complexity index is 1370. The van der Waals surface area contributed by atoms with Crippen molar-refractivity contribution in [2.45, 2.75) is 12.8 Å². The van der Waals surface area contributed by atoms with Crippen molar-refractivity contribution in [3.05, 3.63) is 88.6 Å². The zero-order valence-corrected chi connectivity index (χ0v) is 18.5. The minimum Gasteiger partial charge on any atom is -0.507 e. The molecular weight excluding hydrogens is 467 g/mol. The van der Waals surface area contributed by atoms with Crippen molar-refractivity contribution >= 4 is 11.6 Å². The zero-order valence-electron chi connectivity index (χ0n) is 17.8. The van der Waals surface area contributed by atoms with E-state index < -0.39 is 11.9 Å². The lowest BCUT2D eigenvalue weighted by atomic mass is 9.97. The van der Waals surface area contributed by atoms with Crippen molar-refractivity contribution in [3.63, 3.8) is 0 Å². The van der Waals surface area contributed by atoms with Crippen LogP contribution in [0.5, 0.6) is 11.5 Å². The van der Waals surface area contributed by atoms with Crippen LogP contribution in [0.1, 0.15) is 16.8 Å². The second-order valence-electron chi connectivity index (χ2n) is 7.48. The summed E-state index contributed by atoms with van der Waals surface area (Å²) in [5.74, 6) is 0.0541. The van der Waals surface area contributed by atoms with E-state index in [2.05, 4.69) is 5.10 Å². The van der Waals surface area contributed by atoms with Gasteiger partial charge in [-0.05, 0) is 47.5 Å². The third-order valence-electron chi connectivity index (χ3n) is 5.16. The summed E-state index contributed by atoms with van der Waals surface area (Å²) in [6, 6.07) is 19.0. The smallest absolute Gasteiger partial charge is 0.433 e. The SMILES string of the molecule is Cn1nc(-c2ccc(OCc3ccc(Cl)cc3)cc2O)c(-c2ccc(C#N)cc2)c1C(F)(F)F. The van der Waals surface area contributed by atoms with E-state index in [1.54, 1.807) is 30.3 Å². The third kappa shape index (κ3) is 4.70. The molecule has 1 N–H and O–H groups in total. The number of phenolic OH excluding ortho intramolecular Hbond substituents is 1. The van der Waals surface area contributed by atoms with Crippen LogP contribution in [0.3, 0.4) is 0 Å². The maximum Gasteiger partial charge on any atom is 0.433 e. The molecule has 0 amide bonds. The van der Waals surface area contributed by atoms with Crippen molar-refractivity contribution in [2.75, 3.05) is 0 Å². The van der Waals surface area contributed by atoms with Gasteiger partial charge in [-0.3, -0.25) is 4.68 Å².